The van der Waals surface area contributed by atoms with E-state index in [0.717, 1.165) is 28.9 Å². The number of hydrogen-bond acceptors (Lipinski definition) is 1. The summed E-state index contributed by atoms with van der Waals surface area (Å²) in [6.07, 6.45) is -3.62. The molecule has 1 aliphatic heterocycles. The average Bonchev–Trinajstić information content (AvgIpc) is 2.83. The molecule has 2 aromatic rings. The Kier molecular flexibility index (Phi) is 3.13. The van der Waals surface area contributed by atoms with E-state index < -0.39 is 11.7 Å². The van der Waals surface area contributed by atoms with Crippen LogP contribution >= 0.6 is 11.6 Å². The minimum absolute atomic E-state index is 0.0350. The molecule has 3 rings (SSSR count). The van der Waals surface area contributed by atoms with Gasteiger partial charge in [0.1, 0.15) is 0 Å². The van der Waals surface area contributed by atoms with Crippen LogP contribution in [0.5, 0.6) is 0 Å². The molecule has 5 heteroatoms. The molecule has 0 fully saturated rings. The lowest BCUT2D eigenvalue weighted by Crippen LogP contribution is -2.08. The van der Waals surface area contributed by atoms with Crippen LogP contribution in [0.15, 0.2) is 42.5 Å². The summed E-state index contributed by atoms with van der Waals surface area (Å²) in [6.45, 7) is 0. The van der Waals surface area contributed by atoms with E-state index in [2.05, 4.69) is 5.32 Å². The molecule has 0 saturated heterocycles. The molecule has 0 bridgehead atoms. The fourth-order valence-corrected chi connectivity index (χ4v) is 2.70. The van der Waals surface area contributed by atoms with Gasteiger partial charge < -0.3 is 5.32 Å². The van der Waals surface area contributed by atoms with E-state index in [4.69, 9.17) is 11.6 Å². The Morgan fingerprint density at radius 1 is 1.05 bits per heavy atom. The van der Waals surface area contributed by atoms with Gasteiger partial charge in [-0.15, -0.1) is 0 Å². The lowest BCUT2D eigenvalue weighted by Gasteiger charge is -2.13. The molecule has 1 unspecified atom stereocenters. The largest absolute Gasteiger partial charge is 0.416 e. The Balaban J connectivity index is 1.85. The Hall–Kier alpha value is -1.68. The first-order valence-corrected chi connectivity index (χ1v) is 6.54. The van der Waals surface area contributed by atoms with Crippen molar-refractivity contribution in [1.29, 1.82) is 0 Å². The van der Waals surface area contributed by atoms with Crippen LogP contribution in [-0.4, -0.2) is 0 Å². The van der Waals surface area contributed by atoms with Crippen LogP contribution in [-0.2, 0) is 12.6 Å². The highest BCUT2D eigenvalue weighted by Crippen LogP contribution is 2.38. The third kappa shape index (κ3) is 2.36. The van der Waals surface area contributed by atoms with Gasteiger partial charge in [-0.05, 0) is 35.4 Å². The van der Waals surface area contributed by atoms with Crippen LogP contribution in [0, 0.1) is 0 Å². The topological polar surface area (TPSA) is 12.0 Å². The molecule has 2 aromatic carbocycles. The van der Waals surface area contributed by atoms with Crippen LogP contribution in [0.3, 0.4) is 0 Å². The van der Waals surface area contributed by atoms with Crippen molar-refractivity contribution in [2.45, 2.75) is 18.6 Å². The summed E-state index contributed by atoms with van der Waals surface area (Å²) >= 11 is 6.12. The van der Waals surface area contributed by atoms with Gasteiger partial charge in [-0.2, -0.15) is 13.2 Å². The summed E-state index contributed by atoms with van der Waals surface area (Å²) in [6, 6.07) is 10.8. The van der Waals surface area contributed by atoms with Crippen molar-refractivity contribution in [3.05, 3.63) is 64.2 Å². The zero-order chi connectivity index (χ0) is 14.3. The van der Waals surface area contributed by atoms with Gasteiger partial charge in [0, 0.05) is 17.1 Å². The lowest BCUT2D eigenvalue weighted by molar-refractivity contribution is -0.137. The summed E-state index contributed by atoms with van der Waals surface area (Å²) in [7, 11) is 0. The van der Waals surface area contributed by atoms with Crippen molar-refractivity contribution in [3.63, 3.8) is 0 Å². The van der Waals surface area contributed by atoms with Crippen LogP contribution in [0.1, 0.15) is 22.7 Å². The van der Waals surface area contributed by atoms with Crippen LogP contribution in [0.25, 0.3) is 0 Å². The molecule has 0 aliphatic carbocycles. The van der Waals surface area contributed by atoms with Crippen molar-refractivity contribution in [3.8, 4) is 0 Å². The molecular weight excluding hydrogens is 287 g/mol. The molecule has 1 aliphatic rings. The molecule has 0 aromatic heterocycles. The minimum Gasteiger partial charge on any atom is -0.378 e. The molecule has 0 spiro atoms. The van der Waals surface area contributed by atoms with E-state index in [-0.39, 0.29) is 6.04 Å². The van der Waals surface area contributed by atoms with Crippen LogP contribution in [0.4, 0.5) is 18.9 Å². The van der Waals surface area contributed by atoms with Gasteiger partial charge in [-0.25, -0.2) is 0 Å². The van der Waals surface area contributed by atoms with Gasteiger partial charge >= 0.3 is 6.18 Å². The fraction of sp³-hybridized carbons (Fsp3) is 0.200. The Bertz CT molecular complexity index is 635. The number of hydrogen-bond donors (Lipinski definition) is 1. The lowest BCUT2D eigenvalue weighted by atomic mass is 10.0. The van der Waals surface area contributed by atoms with E-state index in [0.29, 0.717) is 11.4 Å². The number of fused-ring (bicyclic) bond motifs is 1. The first-order chi connectivity index (χ1) is 9.45. The summed E-state index contributed by atoms with van der Waals surface area (Å²) in [4.78, 5) is 0. The molecule has 1 N–H and O–H groups in total. The van der Waals surface area contributed by atoms with Crippen molar-refractivity contribution in [2.24, 2.45) is 0 Å². The number of rotatable bonds is 1. The standard InChI is InChI=1S/C15H11ClF3N/c16-12-2-1-3-13-11(12)8-14(20-13)9-4-6-10(7-5-9)15(17,18)19/h1-7,14,20H,8H2. The number of anilines is 1. The van der Waals surface area contributed by atoms with E-state index in [1.807, 2.05) is 18.2 Å². The summed E-state index contributed by atoms with van der Waals surface area (Å²) in [5.74, 6) is 0. The highest BCUT2D eigenvalue weighted by molar-refractivity contribution is 6.31. The second-order valence-electron chi connectivity index (χ2n) is 4.79. The highest BCUT2D eigenvalue weighted by atomic mass is 35.5. The van der Waals surface area contributed by atoms with E-state index in [1.54, 1.807) is 0 Å². The second kappa shape index (κ2) is 4.70. The zero-order valence-electron chi connectivity index (χ0n) is 10.3. The quantitative estimate of drug-likeness (QED) is 0.775. The summed E-state index contributed by atoms with van der Waals surface area (Å²) in [5.41, 5.74) is 2.15. The van der Waals surface area contributed by atoms with Crippen LogP contribution < -0.4 is 5.32 Å². The smallest absolute Gasteiger partial charge is 0.378 e. The predicted octanol–water partition coefficient (Wildman–Crippen LogP) is 5.07. The maximum atomic E-state index is 12.5. The Morgan fingerprint density at radius 3 is 2.35 bits per heavy atom. The first-order valence-electron chi connectivity index (χ1n) is 6.16. The zero-order valence-corrected chi connectivity index (χ0v) is 11.1. The van der Waals surface area contributed by atoms with Crippen LogP contribution in [0.2, 0.25) is 5.02 Å². The average molecular weight is 298 g/mol. The number of alkyl halides is 3. The third-order valence-corrected chi connectivity index (χ3v) is 3.85. The van der Waals surface area contributed by atoms with Crippen molar-refractivity contribution in [1.82, 2.24) is 0 Å². The van der Waals surface area contributed by atoms with Crippen molar-refractivity contribution >= 4 is 17.3 Å². The number of halogens is 4. The molecule has 1 atom stereocenters. The maximum Gasteiger partial charge on any atom is 0.416 e. The van der Waals surface area contributed by atoms with E-state index in [1.165, 1.54) is 12.1 Å². The first kappa shape index (κ1) is 13.3. The van der Waals surface area contributed by atoms with Gasteiger partial charge in [-0.3, -0.25) is 0 Å². The maximum absolute atomic E-state index is 12.5. The number of nitrogens with one attached hydrogen (secondary N) is 1. The van der Waals surface area contributed by atoms with Gasteiger partial charge in [0.2, 0.25) is 0 Å². The molecular formula is C15H11ClF3N. The third-order valence-electron chi connectivity index (χ3n) is 3.50. The molecule has 0 radical (unpaired) electrons. The van der Waals surface area contributed by atoms with Gasteiger partial charge in [0.05, 0.1) is 11.6 Å². The second-order valence-corrected chi connectivity index (χ2v) is 5.19. The summed E-state index contributed by atoms with van der Waals surface area (Å²) < 4.78 is 37.6. The number of benzene rings is 2. The van der Waals surface area contributed by atoms with E-state index in [9.17, 15) is 13.2 Å². The van der Waals surface area contributed by atoms with Gasteiger partial charge in [0.25, 0.3) is 0 Å². The van der Waals surface area contributed by atoms with Crippen molar-refractivity contribution < 1.29 is 13.2 Å². The molecule has 0 saturated carbocycles. The fourth-order valence-electron chi connectivity index (χ4n) is 2.45. The monoisotopic (exact) mass is 297 g/mol. The summed E-state index contributed by atoms with van der Waals surface area (Å²) in [5, 5.41) is 3.97. The molecule has 104 valence electrons. The Labute approximate surface area is 119 Å². The molecule has 1 nitrogen and oxygen atoms in total. The highest BCUT2D eigenvalue weighted by Gasteiger charge is 2.31. The predicted molar refractivity (Wildman–Crippen MR) is 73.0 cm³/mol. The molecule has 1 heterocycles. The normalized spacial score (nSPS) is 17.7. The van der Waals surface area contributed by atoms with Gasteiger partial charge in [0.15, 0.2) is 0 Å². The molecule has 0 amide bonds. The Morgan fingerprint density at radius 2 is 1.75 bits per heavy atom. The van der Waals surface area contributed by atoms with Crippen molar-refractivity contribution in [2.75, 3.05) is 5.32 Å². The SMILES string of the molecule is FC(F)(F)c1ccc(C2Cc3c(Cl)cccc3N2)cc1. The van der Waals surface area contributed by atoms with E-state index >= 15 is 0 Å². The van der Waals surface area contributed by atoms with Gasteiger partial charge in [-0.1, -0.05) is 29.8 Å². The minimum atomic E-state index is -4.30. The molecule has 20 heavy (non-hydrogen) atoms.